The van der Waals surface area contributed by atoms with Crippen LogP contribution in [0.3, 0.4) is 0 Å². The molecule has 0 amide bonds. The Hall–Kier alpha value is -5.21. The van der Waals surface area contributed by atoms with Crippen LogP contribution in [0, 0.1) is 0 Å². The maximum absolute atomic E-state index is 13.8. The lowest BCUT2D eigenvalue weighted by Crippen LogP contribution is -2.15. The molecule has 0 aliphatic carbocycles. The van der Waals surface area contributed by atoms with E-state index in [0.717, 1.165) is 43.7 Å². The van der Waals surface area contributed by atoms with Gasteiger partial charge in [-0.05, 0) is 79.2 Å². The number of para-hydroxylation sites is 1. The fourth-order valence-electron chi connectivity index (χ4n) is 6.41. The van der Waals surface area contributed by atoms with Crippen LogP contribution in [0.4, 0.5) is 0 Å². The van der Waals surface area contributed by atoms with E-state index in [-0.39, 0.29) is 5.56 Å². The number of rotatable bonds is 2. The van der Waals surface area contributed by atoms with E-state index in [4.69, 9.17) is 0 Å². The fourth-order valence-corrected chi connectivity index (χ4v) is 6.41. The number of benzene rings is 6. The van der Waals surface area contributed by atoms with Crippen molar-refractivity contribution in [3.63, 3.8) is 0 Å². The van der Waals surface area contributed by atoms with Crippen LogP contribution in [-0.4, -0.2) is 4.40 Å². The average molecular weight is 498 g/mol. The summed E-state index contributed by atoms with van der Waals surface area (Å²) in [5.41, 5.74) is 4.83. The third kappa shape index (κ3) is 2.94. The lowest BCUT2D eigenvalue weighted by atomic mass is 9.92. The average Bonchev–Trinajstić information content (AvgIpc) is 3.28. The van der Waals surface area contributed by atoms with E-state index in [1.165, 1.54) is 32.3 Å². The number of hydrogen-bond acceptors (Lipinski definition) is 1. The third-order valence-corrected chi connectivity index (χ3v) is 8.24. The molecule has 2 heterocycles. The molecule has 0 unspecified atom stereocenters. The van der Waals surface area contributed by atoms with Gasteiger partial charge in [0.2, 0.25) is 0 Å². The summed E-state index contributed by atoms with van der Waals surface area (Å²) < 4.78 is 1.80. The largest absolute Gasteiger partial charge is 0.275 e. The molecule has 0 saturated carbocycles. The molecule has 0 radical (unpaired) electrons. The van der Waals surface area contributed by atoms with Crippen molar-refractivity contribution in [2.75, 3.05) is 0 Å². The van der Waals surface area contributed by atoms with Crippen molar-refractivity contribution in [2.45, 2.75) is 0 Å². The Labute approximate surface area is 224 Å². The summed E-state index contributed by atoms with van der Waals surface area (Å²) >= 11 is 0. The van der Waals surface area contributed by atoms with E-state index in [2.05, 4.69) is 92.0 Å². The van der Waals surface area contributed by atoms with Gasteiger partial charge in [-0.25, -0.2) is 0 Å². The van der Waals surface area contributed by atoms with E-state index < -0.39 is 0 Å². The molecule has 39 heavy (non-hydrogen) atoms. The zero-order valence-electron chi connectivity index (χ0n) is 21.2. The molecule has 2 heteroatoms. The molecule has 6 aromatic carbocycles. The van der Waals surface area contributed by atoms with Gasteiger partial charge in [-0.1, -0.05) is 98.1 Å². The van der Waals surface area contributed by atoms with Crippen molar-refractivity contribution in [2.24, 2.45) is 0 Å². The normalized spacial score (nSPS) is 11.9. The van der Waals surface area contributed by atoms with Gasteiger partial charge in [0.1, 0.15) is 0 Å². The molecule has 8 aromatic rings. The first-order chi connectivity index (χ1) is 19.1. The number of nitrogens with zero attached hydrogens (tertiary/aromatic N) is 1. The van der Waals surface area contributed by atoms with Gasteiger partial charge in [-0.2, -0.15) is 0 Å². The third-order valence-electron chi connectivity index (χ3n) is 8.24. The van der Waals surface area contributed by atoms with Crippen LogP contribution in [-0.2, 0) is 0 Å². The van der Waals surface area contributed by atoms with E-state index in [1.807, 2.05) is 36.4 Å². The molecule has 0 aliphatic heterocycles. The van der Waals surface area contributed by atoms with E-state index >= 15 is 0 Å². The van der Waals surface area contributed by atoms with Gasteiger partial charge in [0.15, 0.2) is 0 Å². The summed E-state index contributed by atoms with van der Waals surface area (Å²) in [6.07, 6.45) is 1.86. The first kappa shape index (κ1) is 21.8. The zero-order valence-corrected chi connectivity index (χ0v) is 21.2. The topological polar surface area (TPSA) is 21.5 Å². The van der Waals surface area contributed by atoms with E-state index in [9.17, 15) is 4.79 Å². The van der Waals surface area contributed by atoms with Crippen LogP contribution in [0.25, 0.3) is 83.3 Å². The van der Waals surface area contributed by atoms with Gasteiger partial charge in [0, 0.05) is 21.6 Å². The van der Waals surface area contributed by atoms with Crippen molar-refractivity contribution >= 4 is 72.2 Å². The number of pyridine rings is 1. The second kappa shape index (κ2) is 7.89. The quantitative estimate of drug-likeness (QED) is 0.173. The molecule has 0 fully saturated rings. The lowest BCUT2D eigenvalue weighted by molar-refractivity contribution is 1.19. The summed E-state index contributed by atoms with van der Waals surface area (Å²) in [6.45, 7) is 8.50. The molecule has 0 spiro atoms. The van der Waals surface area contributed by atoms with Crippen LogP contribution >= 0.6 is 0 Å². The number of aromatic nitrogens is 1. The SMILES string of the molecule is C=Cc1c2cc(-c3cccc4c3ccc3cc5ccccc5cc34)ccc2c(=O)n2c1c(=C)c1ccccc12. The fraction of sp³-hybridized carbons (Fsp3) is 0. The summed E-state index contributed by atoms with van der Waals surface area (Å²) in [4.78, 5) is 13.8. The minimum atomic E-state index is -0.0287. The minimum Gasteiger partial charge on any atom is -0.275 e. The first-order valence-corrected chi connectivity index (χ1v) is 13.1. The summed E-state index contributed by atoms with van der Waals surface area (Å²) in [6, 6.07) is 38.1. The van der Waals surface area contributed by atoms with Crippen LogP contribution in [0.2, 0.25) is 0 Å². The van der Waals surface area contributed by atoms with Crippen molar-refractivity contribution in [3.8, 4) is 11.1 Å². The molecule has 0 N–H and O–H groups in total. The van der Waals surface area contributed by atoms with Gasteiger partial charge in [0.05, 0.1) is 11.0 Å². The summed E-state index contributed by atoms with van der Waals surface area (Å²) in [5.74, 6) is 0. The highest BCUT2D eigenvalue weighted by atomic mass is 16.1. The van der Waals surface area contributed by atoms with Gasteiger partial charge < -0.3 is 0 Å². The summed E-state index contributed by atoms with van der Waals surface area (Å²) in [5, 5.41) is 10.8. The van der Waals surface area contributed by atoms with E-state index in [0.29, 0.717) is 5.39 Å². The van der Waals surface area contributed by atoms with Crippen LogP contribution in [0.5, 0.6) is 0 Å². The highest BCUT2D eigenvalue weighted by Crippen LogP contribution is 2.36. The molecule has 0 saturated heterocycles. The van der Waals surface area contributed by atoms with Gasteiger partial charge in [0.25, 0.3) is 5.56 Å². The van der Waals surface area contributed by atoms with Crippen molar-refractivity contribution in [1.82, 2.24) is 4.40 Å². The van der Waals surface area contributed by atoms with Gasteiger partial charge in [-0.15, -0.1) is 0 Å². The molecule has 8 rings (SSSR count). The molecular formula is C37H23NO. The van der Waals surface area contributed by atoms with Crippen LogP contribution in [0.1, 0.15) is 5.56 Å². The molecule has 2 nitrogen and oxygen atoms in total. The number of hydrogen-bond donors (Lipinski definition) is 0. The Bertz CT molecular complexity index is 2450. The second-order valence-electron chi connectivity index (χ2n) is 10.2. The Morgan fingerprint density at radius 2 is 1.33 bits per heavy atom. The maximum atomic E-state index is 13.8. The number of fused-ring (bicyclic) bond motifs is 8. The summed E-state index contributed by atoms with van der Waals surface area (Å²) in [7, 11) is 0. The van der Waals surface area contributed by atoms with Gasteiger partial charge >= 0.3 is 0 Å². The Balaban J connectivity index is 1.45. The lowest BCUT2D eigenvalue weighted by Gasteiger charge is -2.13. The Morgan fingerprint density at radius 3 is 2.18 bits per heavy atom. The molecule has 0 bridgehead atoms. The van der Waals surface area contributed by atoms with Gasteiger partial charge in [-0.3, -0.25) is 9.20 Å². The molecular weight excluding hydrogens is 474 g/mol. The smallest absolute Gasteiger partial charge is 0.263 e. The maximum Gasteiger partial charge on any atom is 0.263 e. The van der Waals surface area contributed by atoms with Crippen molar-refractivity contribution in [1.29, 1.82) is 0 Å². The zero-order chi connectivity index (χ0) is 26.2. The van der Waals surface area contributed by atoms with Crippen LogP contribution < -0.4 is 10.8 Å². The monoisotopic (exact) mass is 497 g/mol. The Kier molecular flexibility index (Phi) is 4.42. The second-order valence-corrected chi connectivity index (χ2v) is 10.2. The highest BCUT2D eigenvalue weighted by Gasteiger charge is 2.17. The van der Waals surface area contributed by atoms with Crippen molar-refractivity contribution in [3.05, 3.63) is 137 Å². The molecule has 0 aliphatic rings. The Morgan fingerprint density at radius 1 is 0.590 bits per heavy atom. The highest BCUT2D eigenvalue weighted by molar-refractivity contribution is 6.15. The standard InChI is InChI=1S/C37H23NO/c1-3-27-34-21-26(16-18-32(34)37(39)38-35-14-7-6-11-28(35)22(2)36(27)38)29-12-8-13-30-31(29)17-15-25-19-23-9-4-5-10-24(23)20-33(25)30/h3-21H,1-2H2. The minimum absolute atomic E-state index is 0.0287. The predicted octanol–water partition coefficient (Wildman–Crippen LogP) is 8.50. The predicted molar refractivity (Wildman–Crippen MR) is 167 cm³/mol. The molecule has 2 aromatic heterocycles. The first-order valence-electron chi connectivity index (χ1n) is 13.1. The molecule has 182 valence electrons. The van der Waals surface area contributed by atoms with E-state index in [1.54, 1.807) is 4.40 Å². The van der Waals surface area contributed by atoms with Crippen LogP contribution in [0.15, 0.2) is 121 Å². The van der Waals surface area contributed by atoms with Crippen molar-refractivity contribution < 1.29 is 0 Å². The molecule has 0 atom stereocenters.